The van der Waals surface area contributed by atoms with Crippen molar-refractivity contribution in [3.8, 4) is 0 Å². The van der Waals surface area contributed by atoms with E-state index in [4.69, 9.17) is 0 Å². The van der Waals surface area contributed by atoms with Gasteiger partial charge < -0.3 is 9.90 Å². The average Bonchev–Trinajstić information content (AvgIpc) is 2.52. The van der Waals surface area contributed by atoms with Crippen molar-refractivity contribution in [3.05, 3.63) is 0 Å². The molecule has 88 valence electrons. The smallest absolute Gasteiger partial charge is 0.233 e. The molecule has 1 saturated heterocycles. The molecule has 1 aliphatic heterocycles. The maximum absolute atomic E-state index is 11.9. The number of carboxylic acids is 1. The van der Waals surface area contributed by atoms with Gasteiger partial charge in [-0.3, -0.25) is 14.5 Å². The lowest BCUT2D eigenvalue weighted by Crippen LogP contribution is -2.49. The van der Waals surface area contributed by atoms with E-state index in [0.29, 0.717) is 12.8 Å². The quantitative estimate of drug-likeness (QED) is 0.581. The van der Waals surface area contributed by atoms with Crippen LogP contribution < -0.4 is 5.11 Å². The van der Waals surface area contributed by atoms with Crippen LogP contribution in [0.25, 0.3) is 0 Å². The molecule has 1 aliphatic carbocycles. The van der Waals surface area contributed by atoms with Crippen molar-refractivity contribution in [1.82, 2.24) is 4.90 Å². The number of hydrogen-bond acceptors (Lipinski definition) is 4. The lowest BCUT2D eigenvalue weighted by Gasteiger charge is -2.23. The van der Waals surface area contributed by atoms with Crippen LogP contribution in [-0.2, 0) is 14.4 Å². The summed E-state index contributed by atoms with van der Waals surface area (Å²) in [6.07, 6.45) is 3.28. The minimum Gasteiger partial charge on any atom is -0.548 e. The van der Waals surface area contributed by atoms with E-state index in [1.807, 2.05) is 0 Å². The van der Waals surface area contributed by atoms with Crippen molar-refractivity contribution in [2.45, 2.75) is 38.6 Å². The van der Waals surface area contributed by atoms with Gasteiger partial charge in [-0.1, -0.05) is 12.8 Å². The van der Waals surface area contributed by atoms with E-state index < -0.39 is 12.0 Å². The van der Waals surface area contributed by atoms with Crippen LogP contribution >= 0.6 is 0 Å². The molecule has 5 nitrogen and oxygen atoms in total. The molecule has 0 spiro atoms. The highest BCUT2D eigenvalue weighted by Gasteiger charge is 2.49. The molecule has 0 aromatic carbocycles. The van der Waals surface area contributed by atoms with E-state index in [-0.39, 0.29) is 23.7 Å². The Labute approximate surface area is 93.4 Å². The Morgan fingerprint density at radius 2 is 1.69 bits per heavy atom. The van der Waals surface area contributed by atoms with E-state index in [1.54, 1.807) is 0 Å². The largest absolute Gasteiger partial charge is 0.548 e. The summed E-state index contributed by atoms with van der Waals surface area (Å²) in [6, 6.07) is -1.15. The monoisotopic (exact) mass is 224 g/mol. The van der Waals surface area contributed by atoms with Crippen molar-refractivity contribution in [1.29, 1.82) is 0 Å². The summed E-state index contributed by atoms with van der Waals surface area (Å²) in [5.41, 5.74) is 0. The number of rotatable bonds is 2. The second kappa shape index (κ2) is 3.88. The number of carbonyl (C=O) groups is 3. The molecule has 2 rings (SSSR count). The molecule has 0 bridgehead atoms. The number of amides is 2. The Kier molecular flexibility index (Phi) is 2.69. The van der Waals surface area contributed by atoms with E-state index >= 15 is 0 Å². The minimum atomic E-state index is -1.37. The number of aliphatic carboxylic acids is 1. The standard InChI is InChI=1S/C11H15NO4/c1-6(11(15)16)12-9(13)7-4-2-3-5-8(7)10(12)14/h6-8H,2-5H2,1H3,(H,15,16)/p-1/t6-,7+,8+/m1/s1. The molecule has 16 heavy (non-hydrogen) atoms. The topological polar surface area (TPSA) is 77.5 Å². The van der Waals surface area contributed by atoms with Crippen LogP contribution in [0.15, 0.2) is 0 Å². The fourth-order valence-electron chi connectivity index (χ4n) is 2.68. The highest BCUT2D eigenvalue weighted by Crippen LogP contribution is 2.38. The molecule has 2 aliphatic rings. The molecule has 1 saturated carbocycles. The Morgan fingerprint density at radius 1 is 1.25 bits per heavy atom. The van der Waals surface area contributed by atoms with Crippen LogP contribution in [0.1, 0.15) is 32.6 Å². The Bertz CT molecular complexity index is 328. The molecule has 0 N–H and O–H groups in total. The van der Waals surface area contributed by atoms with E-state index in [2.05, 4.69) is 0 Å². The Balaban J connectivity index is 2.25. The molecule has 0 unspecified atom stereocenters. The number of carboxylic acid groups (broad SMARTS) is 1. The fraction of sp³-hybridized carbons (Fsp3) is 0.727. The summed E-state index contributed by atoms with van der Waals surface area (Å²) in [6.45, 7) is 1.32. The third kappa shape index (κ3) is 1.50. The molecule has 3 atom stereocenters. The third-order valence-electron chi connectivity index (χ3n) is 3.60. The molecule has 0 aromatic heterocycles. The second-order valence-electron chi connectivity index (χ2n) is 4.54. The van der Waals surface area contributed by atoms with Crippen molar-refractivity contribution < 1.29 is 19.5 Å². The van der Waals surface area contributed by atoms with Crippen LogP contribution in [0.5, 0.6) is 0 Å². The molecular weight excluding hydrogens is 210 g/mol. The SMILES string of the molecule is C[C@H](C(=O)[O-])N1C(=O)[C@H]2CCCC[C@@H]2C1=O. The Morgan fingerprint density at radius 3 is 2.06 bits per heavy atom. The highest BCUT2D eigenvalue weighted by atomic mass is 16.4. The van der Waals surface area contributed by atoms with Gasteiger partial charge >= 0.3 is 0 Å². The first-order chi connectivity index (χ1) is 7.54. The zero-order chi connectivity index (χ0) is 11.9. The van der Waals surface area contributed by atoms with Crippen molar-refractivity contribution in [3.63, 3.8) is 0 Å². The normalized spacial score (nSPS) is 31.4. The van der Waals surface area contributed by atoms with Crippen LogP contribution in [0, 0.1) is 11.8 Å². The lowest BCUT2D eigenvalue weighted by molar-refractivity contribution is -0.310. The molecule has 5 heteroatoms. The summed E-state index contributed by atoms with van der Waals surface area (Å²) >= 11 is 0. The van der Waals surface area contributed by atoms with E-state index in [9.17, 15) is 19.5 Å². The van der Waals surface area contributed by atoms with E-state index in [0.717, 1.165) is 17.7 Å². The van der Waals surface area contributed by atoms with Gasteiger partial charge in [-0.2, -0.15) is 0 Å². The zero-order valence-corrected chi connectivity index (χ0v) is 9.14. The zero-order valence-electron chi connectivity index (χ0n) is 9.14. The van der Waals surface area contributed by atoms with Gasteiger partial charge in [-0.05, 0) is 19.8 Å². The summed E-state index contributed by atoms with van der Waals surface area (Å²) in [7, 11) is 0. The molecule has 1 heterocycles. The van der Waals surface area contributed by atoms with Gasteiger partial charge in [0.15, 0.2) is 0 Å². The second-order valence-corrected chi connectivity index (χ2v) is 4.54. The number of carbonyl (C=O) groups excluding carboxylic acids is 3. The van der Waals surface area contributed by atoms with Gasteiger partial charge in [-0.15, -0.1) is 0 Å². The lowest BCUT2D eigenvalue weighted by atomic mass is 9.81. The highest BCUT2D eigenvalue weighted by molar-refractivity contribution is 6.07. The van der Waals surface area contributed by atoms with Crippen molar-refractivity contribution in [2.24, 2.45) is 11.8 Å². The maximum Gasteiger partial charge on any atom is 0.233 e. The Hall–Kier alpha value is -1.39. The number of imide groups is 1. The molecule has 2 amide bonds. The molecule has 2 fully saturated rings. The van der Waals surface area contributed by atoms with Crippen LogP contribution in [0.2, 0.25) is 0 Å². The first-order valence-corrected chi connectivity index (χ1v) is 5.62. The van der Waals surface area contributed by atoms with Crippen molar-refractivity contribution in [2.75, 3.05) is 0 Å². The minimum absolute atomic E-state index is 0.289. The van der Waals surface area contributed by atoms with Crippen molar-refractivity contribution >= 4 is 17.8 Å². The molecular formula is C11H14NO4-. The van der Waals surface area contributed by atoms with Gasteiger partial charge in [-0.25, -0.2) is 0 Å². The third-order valence-corrected chi connectivity index (χ3v) is 3.60. The van der Waals surface area contributed by atoms with Crippen LogP contribution in [-0.4, -0.2) is 28.7 Å². The van der Waals surface area contributed by atoms with Gasteiger partial charge in [0.1, 0.15) is 0 Å². The molecule has 0 radical (unpaired) electrons. The summed E-state index contributed by atoms with van der Waals surface area (Å²) in [5, 5.41) is 10.7. The number of hydrogen-bond donors (Lipinski definition) is 0. The first-order valence-electron chi connectivity index (χ1n) is 5.62. The maximum atomic E-state index is 11.9. The van der Waals surface area contributed by atoms with Gasteiger partial charge in [0.25, 0.3) is 0 Å². The predicted molar refractivity (Wildman–Crippen MR) is 51.8 cm³/mol. The predicted octanol–water partition coefficient (Wildman–Crippen LogP) is -0.700. The number of likely N-dealkylation sites (tertiary alicyclic amines) is 1. The average molecular weight is 224 g/mol. The fourth-order valence-corrected chi connectivity index (χ4v) is 2.68. The number of fused-ring (bicyclic) bond motifs is 1. The van der Waals surface area contributed by atoms with Crippen LogP contribution in [0.3, 0.4) is 0 Å². The first kappa shape index (κ1) is 11.1. The number of nitrogens with zero attached hydrogens (tertiary/aromatic N) is 1. The molecule has 0 aromatic rings. The van der Waals surface area contributed by atoms with Crippen LogP contribution in [0.4, 0.5) is 0 Å². The van der Waals surface area contributed by atoms with Gasteiger partial charge in [0, 0.05) is 0 Å². The van der Waals surface area contributed by atoms with Gasteiger partial charge in [0.2, 0.25) is 11.8 Å². The van der Waals surface area contributed by atoms with E-state index in [1.165, 1.54) is 6.92 Å². The summed E-state index contributed by atoms with van der Waals surface area (Å²) in [4.78, 5) is 35.4. The summed E-state index contributed by atoms with van der Waals surface area (Å²) < 4.78 is 0. The van der Waals surface area contributed by atoms with Gasteiger partial charge in [0.05, 0.1) is 23.8 Å². The summed E-state index contributed by atoms with van der Waals surface area (Å²) in [5.74, 6) is -2.61.